The molecule has 7 heteroatoms. The van der Waals surface area contributed by atoms with E-state index in [0.29, 0.717) is 16.3 Å². The predicted molar refractivity (Wildman–Crippen MR) is 102 cm³/mol. The molecule has 0 aromatic heterocycles. The molecule has 3 rings (SSSR count). The van der Waals surface area contributed by atoms with Crippen molar-refractivity contribution >= 4 is 56.5 Å². The van der Waals surface area contributed by atoms with Gasteiger partial charge in [0.15, 0.2) is 5.11 Å². The fraction of sp³-hybridized carbons (Fsp3) is 0.176. The molecule has 1 heterocycles. The number of nitrogens with zero attached hydrogens (tertiary/aromatic N) is 1. The SMILES string of the molecule is C[C@]1([C@@H](O)c2ccc(Br)cc2)NC(=S)N(c2ccc(Cl)cc2)C1=O. The molecule has 0 radical (unpaired) electrons. The summed E-state index contributed by atoms with van der Waals surface area (Å²) >= 11 is 14.6. The van der Waals surface area contributed by atoms with Crippen molar-refractivity contribution in [3.63, 3.8) is 0 Å². The van der Waals surface area contributed by atoms with Gasteiger partial charge >= 0.3 is 0 Å². The van der Waals surface area contributed by atoms with Crippen LogP contribution in [0, 0.1) is 0 Å². The van der Waals surface area contributed by atoms with Crippen LogP contribution in [0.25, 0.3) is 0 Å². The Hall–Kier alpha value is -1.47. The van der Waals surface area contributed by atoms with Crippen molar-refractivity contribution < 1.29 is 9.90 Å². The van der Waals surface area contributed by atoms with Crippen LogP contribution >= 0.6 is 39.7 Å². The lowest BCUT2D eigenvalue weighted by Gasteiger charge is -2.28. The third-order valence-electron chi connectivity index (χ3n) is 4.03. The number of rotatable bonds is 3. The van der Waals surface area contributed by atoms with Gasteiger partial charge in [0.2, 0.25) is 0 Å². The van der Waals surface area contributed by atoms with Crippen LogP contribution in [0.15, 0.2) is 53.0 Å². The number of halogens is 2. The van der Waals surface area contributed by atoms with E-state index in [2.05, 4.69) is 21.2 Å². The molecule has 0 saturated carbocycles. The summed E-state index contributed by atoms with van der Waals surface area (Å²) in [7, 11) is 0. The zero-order valence-corrected chi connectivity index (χ0v) is 15.8. The first-order chi connectivity index (χ1) is 11.3. The number of aliphatic hydroxyl groups excluding tert-OH is 1. The number of aliphatic hydroxyl groups is 1. The number of amides is 1. The highest BCUT2D eigenvalue weighted by molar-refractivity contribution is 9.10. The molecule has 2 aromatic rings. The molecule has 2 aromatic carbocycles. The van der Waals surface area contributed by atoms with Crippen molar-refractivity contribution in [2.45, 2.75) is 18.6 Å². The molecule has 2 atom stereocenters. The standard InChI is InChI=1S/C17H14BrClN2O2S/c1-17(14(22)10-2-4-11(18)5-3-10)15(23)21(16(24)20-17)13-8-6-12(19)7-9-13/h2-9,14,22H,1H3,(H,20,24)/t14-,17+/m0/s1. The van der Waals surface area contributed by atoms with Crippen LogP contribution in [-0.4, -0.2) is 21.7 Å². The Balaban J connectivity index is 1.94. The number of benzene rings is 2. The van der Waals surface area contributed by atoms with E-state index in [1.165, 1.54) is 4.90 Å². The van der Waals surface area contributed by atoms with Gasteiger partial charge in [-0.15, -0.1) is 0 Å². The maximum Gasteiger partial charge on any atom is 0.261 e. The van der Waals surface area contributed by atoms with Gasteiger partial charge in [0, 0.05) is 9.50 Å². The molecule has 1 amide bonds. The zero-order chi connectivity index (χ0) is 17.5. The van der Waals surface area contributed by atoms with Crippen LogP contribution in [0.5, 0.6) is 0 Å². The van der Waals surface area contributed by atoms with Crippen LogP contribution in [0.1, 0.15) is 18.6 Å². The highest BCUT2D eigenvalue weighted by atomic mass is 79.9. The van der Waals surface area contributed by atoms with E-state index in [4.69, 9.17) is 23.8 Å². The van der Waals surface area contributed by atoms with E-state index in [1.54, 1.807) is 43.3 Å². The van der Waals surface area contributed by atoms with Crippen LogP contribution in [0.4, 0.5) is 5.69 Å². The Morgan fingerprint density at radius 3 is 2.38 bits per heavy atom. The van der Waals surface area contributed by atoms with E-state index < -0.39 is 11.6 Å². The quantitative estimate of drug-likeness (QED) is 0.734. The third-order valence-corrected chi connectivity index (χ3v) is 5.10. The van der Waals surface area contributed by atoms with E-state index in [9.17, 15) is 9.90 Å². The number of thiocarbonyl (C=S) groups is 1. The first kappa shape index (κ1) is 17.4. The lowest BCUT2D eigenvalue weighted by molar-refractivity contribution is -0.125. The minimum absolute atomic E-state index is 0.251. The van der Waals surface area contributed by atoms with Crippen molar-refractivity contribution in [3.8, 4) is 0 Å². The number of carbonyl (C=O) groups excluding carboxylic acids is 1. The molecular weight excluding hydrogens is 412 g/mol. The average molecular weight is 426 g/mol. The largest absolute Gasteiger partial charge is 0.385 e. The number of anilines is 1. The van der Waals surface area contributed by atoms with Gasteiger partial charge in [0.1, 0.15) is 11.6 Å². The summed E-state index contributed by atoms with van der Waals surface area (Å²) < 4.78 is 0.896. The van der Waals surface area contributed by atoms with Crippen molar-refractivity contribution in [1.82, 2.24) is 5.32 Å². The minimum atomic E-state index is -1.25. The van der Waals surface area contributed by atoms with Gasteiger partial charge < -0.3 is 10.4 Å². The second kappa shape index (κ2) is 6.44. The molecule has 0 bridgehead atoms. The van der Waals surface area contributed by atoms with E-state index in [-0.39, 0.29) is 11.0 Å². The van der Waals surface area contributed by atoms with Gasteiger partial charge in [-0.05, 0) is 61.1 Å². The minimum Gasteiger partial charge on any atom is -0.385 e. The Bertz CT molecular complexity index is 797. The normalized spacial score (nSPS) is 21.8. The maximum atomic E-state index is 13.0. The van der Waals surface area contributed by atoms with Crippen molar-refractivity contribution in [3.05, 3.63) is 63.6 Å². The first-order valence-electron chi connectivity index (χ1n) is 7.19. The molecule has 0 unspecified atom stereocenters. The number of carbonyl (C=O) groups is 1. The molecular formula is C17H14BrClN2O2S. The third kappa shape index (κ3) is 2.95. The summed E-state index contributed by atoms with van der Waals surface area (Å²) in [6, 6.07) is 14.0. The molecule has 24 heavy (non-hydrogen) atoms. The fourth-order valence-corrected chi connectivity index (χ4v) is 3.44. The molecule has 124 valence electrons. The van der Waals surface area contributed by atoms with Gasteiger partial charge in [0.05, 0.1) is 5.69 Å². The second-order valence-electron chi connectivity index (χ2n) is 5.70. The predicted octanol–water partition coefficient (Wildman–Crippen LogP) is 3.82. The summed E-state index contributed by atoms with van der Waals surface area (Å²) in [6.45, 7) is 1.64. The van der Waals surface area contributed by atoms with Gasteiger partial charge in [-0.2, -0.15) is 0 Å². The molecule has 4 nitrogen and oxygen atoms in total. The highest BCUT2D eigenvalue weighted by Crippen LogP contribution is 2.34. The highest BCUT2D eigenvalue weighted by Gasteiger charge is 2.51. The summed E-state index contributed by atoms with van der Waals surface area (Å²) in [5.74, 6) is -0.315. The Kier molecular flexibility index (Phi) is 4.66. The van der Waals surface area contributed by atoms with E-state index in [1.807, 2.05) is 12.1 Å². The zero-order valence-electron chi connectivity index (χ0n) is 12.7. The van der Waals surface area contributed by atoms with Crippen molar-refractivity contribution in [2.75, 3.05) is 4.90 Å². The Morgan fingerprint density at radius 1 is 1.21 bits per heavy atom. The Labute approximate surface area is 158 Å². The molecule has 1 saturated heterocycles. The van der Waals surface area contributed by atoms with Crippen LogP contribution in [0.2, 0.25) is 5.02 Å². The monoisotopic (exact) mass is 424 g/mol. The molecule has 1 aliphatic heterocycles. The van der Waals surface area contributed by atoms with Crippen LogP contribution < -0.4 is 10.2 Å². The number of hydrogen-bond acceptors (Lipinski definition) is 3. The van der Waals surface area contributed by atoms with E-state index >= 15 is 0 Å². The Morgan fingerprint density at radius 2 is 1.79 bits per heavy atom. The smallest absolute Gasteiger partial charge is 0.261 e. The molecule has 0 spiro atoms. The van der Waals surface area contributed by atoms with Gasteiger partial charge in [-0.3, -0.25) is 9.69 Å². The summed E-state index contributed by atoms with van der Waals surface area (Å²) in [6.07, 6.45) is -1.05. The molecule has 1 aliphatic rings. The lowest BCUT2D eigenvalue weighted by Crippen LogP contribution is -2.49. The first-order valence-corrected chi connectivity index (χ1v) is 8.76. The molecule has 2 N–H and O–H groups in total. The van der Waals surface area contributed by atoms with Crippen LogP contribution in [-0.2, 0) is 4.79 Å². The van der Waals surface area contributed by atoms with Crippen molar-refractivity contribution in [1.29, 1.82) is 0 Å². The summed E-state index contributed by atoms with van der Waals surface area (Å²) in [5.41, 5.74) is -0.0131. The van der Waals surface area contributed by atoms with Crippen molar-refractivity contribution in [2.24, 2.45) is 0 Å². The van der Waals surface area contributed by atoms with Gasteiger partial charge in [0.25, 0.3) is 5.91 Å². The summed E-state index contributed by atoms with van der Waals surface area (Å²) in [4.78, 5) is 14.4. The molecule has 1 fully saturated rings. The van der Waals surface area contributed by atoms with Crippen LogP contribution in [0.3, 0.4) is 0 Å². The van der Waals surface area contributed by atoms with Gasteiger partial charge in [-0.25, -0.2) is 0 Å². The second-order valence-corrected chi connectivity index (χ2v) is 7.44. The van der Waals surface area contributed by atoms with Gasteiger partial charge in [-0.1, -0.05) is 39.7 Å². The topological polar surface area (TPSA) is 52.6 Å². The number of nitrogens with one attached hydrogen (secondary N) is 1. The molecule has 0 aliphatic carbocycles. The fourth-order valence-electron chi connectivity index (χ4n) is 2.64. The maximum absolute atomic E-state index is 13.0. The van der Waals surface area contributed by atoms with E-state index in [0.717, 1.165) is 4.47 Å². The number of hydrogen-bond donors (Lipinski definition) is 2. The lowest BCUT2D eigenvalue weighted by atomic mass is 9.89. The average Bonchev–Trinajstić information content (AvgIpc) is 2.79. The summed E-state index contributed by atoms with van der Waals surface area (Å²) in [5, 5.41) is 14.6.